The maximum atomic E-state index is 14.7. The summed E-state index contributed by atoms with van der Waals surface area (Å²) in [6, 6.07) is 27.5. The van der Waals surface area contributed by atoms with Crippen LogP contribution in [0, 0.1) is 0 Å². The topological polar surface area (TPSA) is 55.7 Å². The first-order chi connectivity index (χ1) is 14.3. The molecule has 3 aromatic carbocycles. The molecule has 1 atom stereocenters. The molecule has 0 aliphatic heterocycles. The Morgan fingerprint density at radius 1 is 0.833 bits per heavy atom. The van der Waals surface area contributed by atoms with Crippen molar-refractivity contribution in [2.24, 2.45) is 4.99 Å². The van der Waals surface area contributed by atoms with Gasteiger partial charge < -0.3 is 9.30 Å². The van der Waals surface area contributed by atoms with Gasteiger partial charge in [0.05, 0.1) is 0 Å². The number of esters is 1. The third-order valence-corrected chi connectivity index (χ3v) is 7.57. The minimum atomic E-state index is -3.49. The number of aliphatic imine (C=N–C) groups is 1. The Labute approximate surface area is 178 Å². The Kier molecular flexibility index (Phi) is 6.69. The summed E-state index contributed by atoms with van der Waals surface area (Å²) in [6.45, 7) is 5.37. The zero-order valence-electron chi connectivity index (χ0n) is 17.4. The average molecular weight is 419 g/mol. The molecular weight excluding hydrogens is 393 g/mol. The monoisotopic (exact) mass is 419 g/mol. The number of hydrogen-bond donors (Lipinski definition) is 0. The number of benzene rings is 3. The fraction of sp³-hybridized carbons (Fsp3) is 0.200. The van der Waals surface area contributed by atoms with Gasteiger partial charge in [-0.05, 0) is 26.3 Å². The second kappa shape index (κ2) is 9.23. The number of ether oxygens (including phenoxy) is 1. The molecular formula is C25H26NO3P. The molecule has 4 nitrogen and oxygen atoms in total. The van der Waals surface area contributed by atoms with Gasteiger partial charge >= 0.3 is 5.97 Å². The molecule has 0 amide bonds. The molecule has 0 spiro atoms. The van der Waals surface area contributed by atoms with E-state index >= 15 is 0 Å². The zero-order valence-corrected chi connectivity index (χ0v) is 18.3. The Morgan fingerprint density at radius 3 is 1.70 bits per heavy atom. The molecule has 3 aromatic rings. The van der Waals surface area contributed by atoms with Gasteiger partial charge in [-0.2, -0.15) is 0 Å². The van der Waals surface area contributed by atoms with E-state index in [-0.39, 0.29) is 0 Å². The number of carbonyl (C=O) groups is 1. The fourth-order valence-electron chi connectivity index (χ4n) is 3.08. The largest absolute Gasteiger partial charge is 0.458 e. The van der Waals surface area contributed by atoms with E-state index in [2.05, 4.69) is 4.99 Å². The van der Waals surface area contributed by atoms with Gasteiger partial charge in [0.15, 0.2) is 7.14 Å². The van der Waals surface area contributed by atoms with Crippen molar-refractivity contribution in [3.63, 3.8) is 0 Å². The van der Waals surface area contributed by atoms with Crippen molar-refractivity contribution in [2.75, 3.05) is 0 Å². The average Bonchev–Trinajstić information content (AvgIpc) is 2.74. The molecule has 5 heteroatoms. The van der Waals surface area contributed by atoms with Crippen molar-refractivity contribution < 1.29 is 14.1 Å². The van der Waals surface area contributed by atoms with E-state index in [9.17, 15) is 9.36 Å². The van der Waals surface area contributed by atoms with Crippen LogP contribution in [-0.2, 0) is 14.1 Å². The summed E-state index contributed by atoms with van der Waals surface area (Å²) in [6.07, 6.45) is 1.59. The molecule has 0 N–H and O–H groups in total. The molecule has 0 saturated heterocycles. The summed E-state index contributed by atoms with van der Waals surface area (Å²) in [5, 5.41) is 1.13. The van der Waals surface area contributed by atoms with Crippen LogP contribution in [0.2, 0.25) is 0 Å². The molecule has 0 aromatic heterocycles. The van der Waals surface area contributed by atoms with Crippen LogP contribution < -0.4 is 10.6 Å². The molecule has 30 heavy (non-hydrogen) atoms. The van der Waals surface area contributed by atoms with Crippen LogP contribution in [0.25, 0.3) is 0 Å². The highest BCUT2D eigenvalue weighted by atomic mass is 31.2. The van der Waals surface area contributed by atoms with Gasteiger partial charge in [-0.1, -0.05) is 91.0 Å². The zero-order chi connectivity index (χ0) is 21.6. The van der Waals surface area contributed by atoms with E-state index in [1.165, 1.54) is 0 Å². The molecule has 0 saturated carbocycles. The van der Waals surface area contributed by atoms with Crippen LogP contribution >= 0.6 is 7.14 Å². The van der Waals surface area contributed by atoms with Gasteiger partial charge in [0.25, 0.3) is 0 Å². The van der Waals surface area contributed by atoms with Crippen molar-refractivity contribution in [1.82, 2.24) is 0 Å². The first-order valence-corrected chi connectivity index (χ1v) is 11.6. The van der Waals surface area contributed by atoms with Crippen LogP contribution in [0.15, 0.2) is 96.0 Å². The predicted octanol–water partition coefficient (Wildman–Crippen LogP) is 4.79. The number of carbonyl (C=O) groups excluding carboxylic acids is 1. The van der Waals surface area contributed by atoms with E-state index in [4.69, 9.17) is 4.74 Å². The molecule has 1 unspecified atom stereocenters. The molecule has 0 radical (unpaired) electrons. The lowest BCUT2D eigenvalue weighted by molar-refractivity contribution is -0.154. The van der Waals surface area contributed by atoms with E-state index in [1.807, 2.05) is 66.7 Å². The van der Waals surface area contributed by atoms with Crippen LogP contribution in [0.3, 0.4) is 0 Å². The SMILES string of the molecule is CC(C)(C)OC(=O)C(/N=C/c1ccccc1)P(=O)(c1ccccc1)c1ccccc1. The Balaban J connectivity index is 2.17. The Hall–Kier alpha value is -2.97. The van der Waals surface area contributed by atoms with Gasteiger partial charge in [-0.3, -0.25) is 4.99 Å². The van der Waals surface area contributed by atoms with Gasteiger partial charge in [0, 0.05) is 16.8 Å². The molecule has 0 aliphatic carbocycles. The summed E-state index contributed by atoms with van der Waals surface area (Å²) >= 11 is 0. The van der Waals surface area contributed by atoms with Crippen LogP contribution in [-0.4, -0.2) is 23.6 Å². The third-order valence-electron chi connectivity index (χ3n) is 4.41. The molecule has 3 rings (SSSR count). The normalized spacial score (nSPS) is 13.2. The van der Waals surface area contributed by atoms with Crippen LogP contribution in [0.1, 0.15) is 26.3 Å². The smallest absolute Gasteiger partial charge is 0.339 e. The summed E-state index contributed by atoms with van der Waals surface area (Å²) in [5.41, 5.74) is 0.0919. The molecule has 0 aliphatic rings. The van der Waals surface area contributed by atoms with Gasteiger partial charge in [0.2, 0.25) is 5.78 Å². The lowest BCUT2D eigenvalue weighted by Crippen LogP contribution is -2.36. The Bertz CT molecular complexity index is 999. The first-order valence-electron chi connectivity index (χ1n) is 9.83. The van der Waals surface area contributed by atoms with E-state index in [0.29, 0.717) is 10.6 Å². The van der Waals surface area contributed by atoms with Gasteiger partial charge in [0.1, 0.15) is 5.60 Å². The second-order valence-corrected chi connectivity index (χ2v) is 10.8. The van der Waals surface area contributed by atoms with E-state index in [0.717, 1.165) is 5.56 Å². The van der Waals surface area contributed by atoms with Crippen molar-refractivity contribution in [1.29, 1.82) is 0 Å². The van der Waals surface area contributed by atoms with Crippen molar-refractivity contribution in [3.05, 3.63) is 96.6 Å². The minimum absolute atomic E-state index is 0.567. The quantitative estimate of drug-likeness (QED) is 0.328. The molecule has 0 bridgehead atoms. The maximum absolute atomic E-state index is 14.7. The number of rotatable bonds is 6. The summed E-state index contributed by atoms with van der Waals surface area (Å²) < 4.78 is 20.3. The lowest BCUT2D eigenvalue weighted by Gasteiger charge is -2.28. The maximum Gasteiger partial charge on any atom is 0.339 e. The minimum Gasteiger partial charge on any atom is -0.458 e. The summed E-state index contributed by atoms with van der Waals surface area (Å²) in [7, 11) is -3.49. The van der Waals surface area contributed by atoms with E-state index in [1.54, 1.807) is 51.3 Å². The molecule has 0 heterocycles. The Morgan fingerprint density at radius 2 is 1.27 bits per heavy atom. The highest BCUT2D eigenvalue weighted by molar-refractivity contribution is 7.80. The third kappa shape index (κ3) is 5.14. The highest BCUT2D eigenvalue weighted by Crippen LogP contribution is 2.50. The lowest BCUT2D eigenvalue weighted by atomic mass is 10.2. The van der Waals surface area contributed by atoms with Crippen molar-refractivity contribution >= 4 is 29.9 Å². The summed E-state index contributed by atoms with van der Waals surface area (Å²) in [5.74, 6) is -1.80. The van der Waals surface area contributed by atoms with Crippen LogP contribution in [0.4, 0.5) is 0 Å². The number of nitrogens with zero attached hydrogens (tertiary/aromatic N) is 1. The highest BCUT2D eigenvalue weighted by Gasteiger charge is 2.43. The van der Waals surface area contributed by atoms with E-state index < -0.39 is 24.5 Å². The van der Waals surface area contributed by atoms with Crippen molar-refractivity contribution in [2.45, 2.75) is 32.2 Å². The fourth-order valence-corrected chi connectivity index (χ4v) is 5.78. The van der Waals surface area contributed by atoms with Gasteiger partial charge in [-0.15, -0.1) is 0 Å². The molecule has 0 fully saturated rings. The predicted molar refractivity (Wildman–Crippen MR) is 123 cm³/mol. The second-order valence-electron chi connectivity index (χ2n) is 7.93. The number of hydrogen-bond acceptors (Lipinski definition) is 4. The molecule has 154 valence electrons. The van der Waals surface area contributed by atoms with Crippen LogP contribution in [0.5, 0.6) is 0 Å². The first kappa shape index (κ1) is 21.7. The van der Waals surface area contributed by atoms with Gasteiger partial charge in [-0.25, -0.2) is 4.79 Å². The summed E-state index contributed by atoms with van der Waals surface area (Å²) in [4.78, 5) is 17.8. The standard InChI is InChI=1S/C25H26NO3P/c1-25(2,3)29-24(27)23(26-19-20-13-7-4-8-14-20)30(28,21-15-9-5-10-16-21)22-17-11-6-12-18-22/h4-19,23H,1-3H3/b26-19+. The van der Waals surface area contributed by atoms with Crippen molar-refractivity contribution in [3.8, 4) is 0 Å².